The molecule has 0 aromatic heterocycles. The first-order chi connectivity index (χ1) is 6.69. The molecule has 0 bridgehead atoms. The van der Waals surface area contributed by atoms with Crippen LogP contribution in [0.5, 0.6) is 5.75 Å². The molecule has 1 aromatic carbocycles. The zero-order chi connectivity index (χ0) is 10.6. The van der Waals surface area contributed by atoms with Crippen LogP contribution in [0.4, 0.5) is 5.69 Å². The van der Waals surface area contributed by atoms with Crippen molar-refractivity contribution in [3.63, 3.8) is 0 Å². The summed E-state index contributed by atoms with van der Waals surface area (Å²) < 4.78 is 6.63. The first kappa shape index (κ1) is 7.53. The third-order valence-electron chi connectivity index (χ3n) is 1.40. The standard InChI is InChI=1S/C7H6N2O4/c10-7-3-6(9(12)13)2-1-5(7)4-8-11/h1-4,10-11H/i/hT. The Balaban J connectivity index is 3.17. The Morgan fingerprint density at radius 2 is 2.46 bits per heavy atom. The lowest BCUT2D eigenvalue weighted by molar-refractivity contribution is -0.384. The summed E-state index contributed by atoms with van der Waals surface area (Å²) in [6.45, 7) is 0. The molecule has 13 heavy (non-hydrogen) atoms. The molecule has 0 aliphatic rings. The highest BCUT2D eigenvalue weighted by Gasteiger charge is 2.08. The SMILES string of the molecule is [3H]Oc1cc([N+](=O)[O-])ccc1C=NO. The van der Waals surface area contributed by atoms with Crippen LogP contribution in [0.1, 0.15) is 5.56 Å². The fourth-order valence-corrected chi connectivity index (χ4v) is 0.805. The Kier molecular flexibility index (Phi) is 2.04. The number of oxime groups is 1. The lowest BCUT2D eigenvalue weighted by atomic mass is 10.2. The van der Waals surface area contributed by atoms with Gasteiger partial charge in [0.2, 0.25) is 0 Å². The Morgan fingerprint density at radius 1 is 1.69 bits per heavy atom. The van der Waals surface area contributed by atoms with Gasteiger partial charge >= 0.3 is 0 Å². The minimum Gasteiger partial charge on any atom is -0.507 e. The minimum absolute atomic E-state index is 0.0444. The molecular weight excluding hydrogens is 176 g/mol. The molecule has 0 atom stereocenters. The average Bonchev–Trinajstić information content (AvgIpc) is 2.18. The van der Waals surface area contributed by atoms with Gasteiger partial charge in [-0.2, -0.15) is 0 Å². The predicted octanol–water partition coefficient (Wildman–Crippen LogP) is 1.11. The molecule has 0 spiro atoms. The number of rotatable bonds is 3. The van der Waals surface area contributed by atoms with E-state index in [1.54, 1.807) is 0 Å². The second-order valence-electron chi connectivity index (χ2n) is 2.22. The molecule has 0 amide bonds. The Hall–Kier alpha value is -2.11. The van der Waals surface area contributed by atoms with Gasteiger partial charge < -0.3 is 10.3 Å². The maximum absolute atomic E-state index is 10.3. The van der Waals surface area contributed by atoms with Gasteiger partial charge in [-0.1, -0.05) is 5.16 Å². The highest BCUT2D eigenvalue weighted by Crippen LogP contribution is 2.21. The molecule has 0 heterocycles. The van der Waals surface area contributed by atoms with Crippen LogP contribution in [0.2, 0.25) is 0 Å². The fourth-order valence-electron chi connectivity index (χ4n) is 0.805. The second-order valence-corrected chi connectivity index (χ2v) is 2.22. The van der Waals surface area contributed by atoms with Crippen LogP contribution in [0, 0.1) is 10.1 Å². The number of hydrogen-bond acceptors (Lipinski definition) is 5. The number of aromatic hydroxyl groups is 1. The third kappa shape index (κ3) is 1.92. The summed E-state index contributed by atoms with van der Waals surface area (Å²) in [6, 6.07) is 3.62. The number of non-ortho nitro benzene ring substituents is 1. The van der Waals surface area contributed by atoms with E-state index in [1.165, 1.54) is 12.1 Å². The van der Waals surface area contributed by atoms with Gasteiger partial charge in [-0.25, -0.2) is 0 Å². The molecule has 0 aliphatic carbocycles. The summed E-state index contributed by atoms with van der Waals surface area (Å²) in [7, 11) is 0. The largest absolute Gasteiger partial charge is 0.507 e. The molecule has 0 saturated heterocycles. The molecular formula is C7H6N2O4. The van der Waals surface area contributed by atoms with Crippen LogP contribution in [-0.4, -0.2) is 22.9 Å². The van der Waals surface area contributed by atoms with Crippen LogP contribution >= 0.6 is 0 Å². The van der Waals surface area contributed by atoms with Crippen molar-refractivity contribution >= 4 is 11.9 Å². The lowest BCUT2D eigenvalue weighted by Crippen LogP contribution is -1.89. The van der Waals surface area contributed by atoms with Gasteiger partial charge in [0.15, 0.2) is 0 Å². The monoisotopic (exact) mass is 184 g/mol. The fraction of sp³-hybridized carbons (Fsp3) is 0. The summed E-state index contributed by atoms with van der Waals surface area (Å²) in [5.74, 6) is -0.0444. The molecule has 6 heteroatoms. The summed E-state index contributed by atoms with van der Waals surface area (Å²) in [4.78, 5) is 9.74. The van der Waals surface area contributed by atoms with E-state index in [-0.39, 0.29) is 17.0 Å². The number of benzene rings is 1. The normalized spacial score (nSPS) is 11.2. The summed E-state index contributed by atoms with van der Waals surface area (Å²) in [5.41, 5.74) is 0.0930. The number of nitro groups is 1. The maximum Gasteiger partial charge on any atom is 0.293 e. The van der Waals surface area contributed by atoms with Crippen molar-refractivity contribution in [2.45, 2.75) is 0 Å². The molecule has 6 nitrogen and oxygen atoms in total. The quantitative estimate of drug-likeness (QED) is 0.318. The smallest absolute Gasteiger partial charge is 0.293 e. The van der Waals surface area contributed by atoms with Crippen molar-refractivity contribution < 1.29 is 15.2 Å². The first-order valence-electron chi connectivity index (χ1n) is 3.69. The second kappa shape index (κ2) is 3.53. The third-order valence-corrected chi connectivity index (χ3v) is 1.40. The van der Waals surface area contributed by atoms with Gasteiger partial charge in [0, 0.05) is 11.6 Å². The van der Waals surface area contributed by atoms with Gasteiger partial charge in [-0.15, -0.1) is 0 Å². The van der Waals surface area contributed by atoms with E-state index in [4.69, 9.17) is 6.64 Å². The van der Waals surface area contributed by atoms with Gasteiger partial charge in [0.1, 0.15) is 5.75 Å². The van der Waals surface area contributed by atoms with Gasteiger partial charge in [-0.05, 0) is 6.07 Å². The molecule has 0 fully saturated rings. The van der Waals surface area contributed by atoms with E-state index in [0.29, 0.717) is 0 Å². The van der Waals surface area contributed by atoms with Crippen molar-refractivity contribution in [1.82, 2.24) is 0 Å². The number of hydrogen-bond donors (Lipinski definition) is 2. The Labute approximate surface area is 74.4 Å². The van der Waals surface area contributed by atoms with Crippen LogP contribution in [-0.2, 0) is 0 Å². The number of phenols is 1. The number of nitrogens with zero attached hydrogens (tertiary/aromatic N) is 2. The highest BCUT2D eigenvalue weighted by molar-refractivity contribution is 5.83. The topological polar surface area (TPSA) is 96.0 Å². The van der Waals surface area contributed by atoms with Crippen molar-refractivity contribution in [1.29, 1.82) is 1.43 Å². The lowest BCUT2D eigenvalue weighted by Gasteiger charge is -1.96. The zero-order valence-electron chi connectivity index (χ0n) is 7.38. The highest BCUT2D eigenvalue weighted by atomic mass is 16.6. The van der Waals surface area contributed by atoms with Crippen LogP contribution < -0.4 is 0 Å². The Morgan fingerprint density at radius 3 is 3.00 bits per heavy atom. The molecule has 0 aliphatic heterocycles. The first-order valence-corrected chi connectivity index (χ1v) is 3.28. The molecule has 1 aromatic rings. The van der Waals surface area contributed by atoms with Gasteiger partial charge in [0.25, 0.3) is 7.12 Å². The van der Waals surface area contributed by atoms with Crippen molar-refractivity contribution in [2.24, 2.45) is 5.16 Å². The predicted molar refractivity (Wildman–Crippen MR) is 44.1 cm³/mol. The molecule has 1 rings (SSSR count). The van der Waals surface area contributed by atoms with E-state index < -0.39 is 4.92 Å². The average molecular weight is 184 g/mol. The van der Waals surface area contributed by atoms with E-state index >= 15 is 0 Å². The molecule has 0 unspecified atom stereocenters. The minimum atomic E-state index is -0.609. The zero-order valence-corrected chi connectivity index (χ0v) is 6.38. The van der Waals surface area contributed by atoms with Crippen LogP contribution in [0.25, 0.3) is 0 Å². The summed E-state index contributed by atoms with van der Waals surface area (Å²) in [5, 5.41) is 25.4. The number of phenolic OH excluding ortho intramolecular Hbond substituents is 1. The molecule has 0 radical (unpaired) electrons. The van der Waals surface area contributed by atoms with Crippen molar-refractivity contribution in [2.75, 3.05) is 0 Å². The molecule has 68 valence electrons. The van der Waals surface area contributed by atoms with E-state index in [9.17, 15) is 10.1 Å². The van der Waals surface area contributed by atoms with E-state index in [1.807, 2.05) is 0 Å². The van der Waals surface area contributed by atoms with Gasteiger partial charge in [-0.3, -0.25) is 10.1 Å². The van der Waals surface area contributed by atoms with Crippen molar-refractivity contribution in [3.8, 4) is 5.75 Å². The van der Waals surface area contributed by atoms with E-state index in [2.05, 4.69) is 10.3 Å². The summed E-state index contributed by atoms with van der Waals surface area (Å²) >= 11 is 0. The van der Waals surface area contributed by atoms with E-state index in [0.717, 1.165) is 12.3 Å². The molecule has 2 N–H and O–H groups in total. The molecule has 0 saturated carbocycles. The Bertz CT molecular complexity index is 380. The van der Waals surface area contributed by atoms with Gasteiger partial charge in [0.05, 0.1) is 17.2 Å². The van der Waals surface area contributed by atoms with Crippen molar-refractivity contribution in [3.05, 3.63) is 33.9 Å². The number of nitro benzene ring substituents is 1. The summed E-state index contributed by atoms with van der Waals surface area (Å²) in [6.07, 6.45) is 1.02. The van der Waals surface area contributed by atoms with Crippen LogP contribution in [0.15, 0.2) is 23.4 Å². The maximum atomic E-state index is 10.3. The van der Waals surface area contributed by atoms with Crippen LogP contribution in [0.3, 0.4) is 0 Å².